The quantitative estimate of drug-likeness (QED) is 0.608. The van der Waals surface area contributed by atoms with Gasteiger partial charge in [-0.1, -0.05) is 23.2 Å². The van der Waals surface area contributed by atoms with E-state index < -0.39 is 5.97 Å². The highest BCUT2D eigenvalue weighted by atomic mass is 35.5. The van der Waals surface area contributed by atoms with Crippen molar-refractivity contribution in [3.63, 3.8) is 0 Å². The number of carbonyl (C=O) groups is 2. The van der Waals surface area contributed by atoms with Gasteiger partial charge in [-0.15, -0.1) is 0 Å². The van der Waals surface area contributed by atoms with E-state index in [0.717, 1.165) is 11.1 Å². The van der Waals surface area contributed by atoms with E-state index in [1.807, 2.05) is 16.7 Å². The number of amides is 1. The molecule has 0 fully saturated rings. The SMILES string of the molecule is CN(CC(=O)NCCC(=O)O)c1cc(-n2ccnc2)c2ccc(Cl)c(Cl)c2n1. The molecule has 3 aromatic rings. The summed E-state index contributed by atoms with van der Waals surface area (Å²) in [6, 6.07) is 5.35. The van der Waals surface area contributed by atoms with Gasteiger partial charge >= 0.3 is 5.97 Å². The highest BCUT2D eigenvalue weighted by Crippen LogP contribution is 2.34. The van der Waals surface area contributed by atoms with Crippen molar-refractivity contribution in [2.45, 2.75) is 6.42 Å². The van der Waals surface area contributed by atoms with Crippen molar-refractivity contribution in [2.24, 2.45) is 0 Å². The molecule has 0 aliphatic carbocycles. The van der Waals surface area contributed by atoms with E-state index in [4.69, 9.17) is 28.3 Å². The van der Waals surface area contributed by atoms with Gasteiger partial charge < -0.3 is 19.9 Å². The monoisotopic (exact) mass is 421 g/mol. The zero-order valence-electron chi connectivity index (χ0n) is 14.9. The molecule has 0 spiro atoms. The van der Waals surface area contributed by atoms with Crippen LogP contribution < -0.4 is 10.2 Å². The topological polar surface area (TPSA) is 100 Å². The van der Waals surface area contributed by atoms with Crippen molar-refractivity contribution in [1.29, 1.82) is 0 Å². The first-order chi connectivity index (χ1) is 13.4. The molecule has 0 aliphatic heterocycles. The van der Waals surface area contributed by atoms with Crippen molar-refractivity contribution < 1.29 is 14.7 Å². The first-order valence-corrected chi connectivity index (χ1v) is 9.09. The molecule has 0 aliphatic rings. The number of nitrogens with one attached hydrogen (secondary N) is 1. The highest BCUT2D eigenvalue weighted by Gasteiger charge is 2.16. The molecule has 2 heterocycles. The lowest BCUT2D eigenvalue weighted by atomic mass is 10.1. The number of rotatable bonds is 7. The van der Waals surface area contributed by atoms with Crippen LogP contribution in [0.15, 0.2) is 36.9 Å². The Labute approximate surface area is 170 Å². The molecule has 8 nitrogen and oxygen atoms in total. The molecule has 0 radical (unpaired) electrons. The second-order valence-electron chi connectivity index (χ2n) is 6.08. The summed E-state index contributed by atoms with van der Waals surface area (Å²) in [5, 5.41) is 12.7. The first-order valence-electron chi connectivity index (χ1n) is 8.33. The van der Waals surface area contributed by atoms with E-state index in [1.165, 1.54) is 0 Å². The lowest BCUT2D eigenvalue weighted by molar-refractivity contribution is -0.136. The Kier molecular flexibility index (Phi) is 6.01. The summed E-state index contributed by atoms with van der Waals surface area (Å²) in [7, 11) is 1.71. The molecular formula is C18H17Cl2N5O3. The van der Waals surface area contributed by atoms with Crippen LogP contribution in [-0.4, -0.2) is 51.7 Å². The third-order valence-electron chi connectivity index (χ3n) is 4.05. The Hall–Kier alpha value is -2.84. The number of benzene rings is 1. The van der Waals surface area contributed by atoms with Gasteiger partial charge in [0, 0.05) is 37.4 Å². The summed E-state index contributed by atoms with van der Waals surface area (Å²) in [5.41, 5.74) is 1.29. The number of fused-ring (bicyclic) bond motifs is 1. The highest BCUT2D eigenvalue weighted by molar-refractivity contribution is 6.45. The minimum Gasteiger partial charge on any atom is -0.481 e. The number of imidazole rings is 1. The average Bonchev–Trinajstić information content (AvgIpc) is 3.18. The molecule has 0 unspecified atom stereocenters. The van der Waals surface area contributed by atoms with E-state index in [0.29, 0.717) is 21.4 Å². The van der Waals surface area contributed by atoms with Gasteiger partial charge in [-0.25, -0.2) is 9.97 Å². The summed E-state index contributed by atoms with van der Waals surface area (Å²) in [6.07, 6.45) is 4.96. The van der Waals surface area contributed by atoms with Gasteiger partial charge in [0.05, 0.1) is 40.5 Å². The van der Waals surface area contributed by atoms with E-state index in [2.05, 4.69) is 15.3 Å². The molecule has 0 atom stereocenters. The summed E-state index contributed by atoms with van der Waals surface area (Å²) in [6.45, 7) is 0.0640. The predicted octanol–water partition coefficient (Wildman–Crippen LogP) is 2.75. The number of nitrogens with zero attached hydrogens (tertiary/aromatic N) is 4. The Bertz CT molecular complexity index is 1020. The van der Waals surface area contributed by atoms with Crippen LogP contribution in [0.4, 0.5) is 5.82 Å². The number of carbonyl (C=O) groups excluding carboxylic acids is 1. The maximum Gasteiger partial charge on any atom is 0.305 e. The van der Waals surface area contributed by atoms with E-state index in [9.17, 15) is 9.59 Å². The lowest BCUT2D eigenvalue weighted by Crippen LogP contribution is -2.36. The number of halogens is 2. The molecule has 146 valence electrons. The summed E-state index contributed by atoms with van der Waals surface area (Å²) < 4.78 is 1.82. The molecule has 2 aromatic heterocycles. The zero-order valence-corrected chi connectivity index (χ0v) is 16.4. The molecule has 10 heteroatoms. The third kappa shape index (κ3) is 4.35. The average molecular weight is 422 g/mol. The van der Waals surface area contributed by atoms with Gasteiger partial charge in [0.1, 0.15) is 5.82 Å². The van der Waals surface area contributed by atoms with Crippen LogP contribution in [0, 0.1) is 0 Å². The lowest BCUT2D eigenvalue weighted by Gasteiger charge is -2.20. The van der Waals surface area contributed by atoms with E-state index in [1.54, 1.807) is 36.7 Å². The van der Waals surface area contributed by atoms with Gasteiger partial charge in [-0.3, -0.25) is 9.59 Å². The fraction of sp³-hybridized carbons (Fsp3) is 0.222. The molecule has 1 aromatic carbocycles. The molecule has 2 N–H and O–H groups in total. The number of hydrogen-bond acceptors (Lipinski definition) is 5. The normalized spacial score (nSPS) is 10.8. The first kappa shape index (κ1) is 19.9. The Balaban J connectivity index is 1.93. The number of carboxylic acids is 1. The third-order valence-corrected chi connectivity index (χ3v) is 4.85. The van der Waals surface area contributed by atoms with Crippen molar-refractivity contribution in [2.75, 3.05) is 25.0 Å². The Morgan fingerprint density at radius 1 is 1.32 bits per heavy atom. The van der Waals surface area contributed by atoms with Crippen LogP contribution in [0.3, 0.4) is 0 Å². The van der Waals surface area contributed by atoms with Crippen molar-refractivity contribution in [3.8, 4) is 5.69 Å². The van der Waals surface area contributed by atoms with Crippen LogP contribution in [0.2, 0.25) is 10.0 Å². The molecule has 0 saturated carbocycles. The van der Waals surface area contributed by atoms with E-state index >= 15 is 0 Å². The van der Waals surface area contributed by atoms with Crippen LogP contribution in [-0.2, 0) is 9.59 Å². The predicted molar refractivity (Wildman–Crippen MR) is 107 cm³/mol. The largest absolute Gasteiger partial charge is 0.481 e. The van der Waals surface area contributed by atoms with Crippen molar-refractivity contribution in [3.05, 3.63) is 47.0 Å². The Morgan fingerprint density at radius 2 is 2.11 bits per heavy atom. The number of carboxylic acid groups (broad SMARTS) is 1. The number of likely N-dealkylation sites (N-methyl/N-ethyl adjacent to an activating group) is 1. The summed E-state index contributed by atoms with van der Waals surface area (Å²) in [5.74, 6) is -0.776. The number of aliphatic carboxylic acids is 1. The molecule has 28 heavy (non-hydrogen) atoms. The van der Waals surface area contributed by atoms with Gasteiger partial charge in [0.2, 0.25) is 5.91 Å². The molecular weight excluding hydrogens is 405 g/mol. The molecule has 1 amide bonds. The maximum absolute atomic E-state index is 12.1. The number of aromatic nitrogens is 3. The number of hydrogen-bond donors (Lipinski definition) is 2. The summed E-state index contributed by atoms with van der Waals surface area (Å²) in [4.78, 5) is 32.9. The van der Waals surface area contributed by atoms with Crippen LogP contribution in [0.5, 0.6) is 0 Å². The number of anilines is 1. The zero-order chi connectivity index (χ0) is 20.3. The fourth-order valence-electron chi connectivity index (χ4n) is 2.67. The second kappa shape index (κ2) is 8.45. The van der Waals surface area contributed by atoms with Gasteiger partial charge in [-0.2, -0.15) is 0 Å². The van der Waals surface area contributed by atoms with Gasteiger partial charge in [-0.05, 0) is 12.1 Å². The molecule has 0 saturated heterocycles. The summed E-state index contributed by atoms with van der Waals surface area (Å²) >= 11 is 12.5. The number of pyridine rings is 1. The fourth-order valence-corrected chi connectivity index (χ4v) is 3.03. The van der Waals surface area contributed by atoms with Gasteiger partial charge in [0.25, 0.3) is 0 Å². The minimum absolute atomic E-state index is 0.000318. The van der Waals surface area contributed by atoms with Crippen molar-refractivity contribution in [1.82, 2.24) is 19.9 Å². The van der Waals surface area contributed by atoms with E-state index in [-0.39, 0.29) is 25.4 Å². The molecule has 0 bridgehead atoms. The van der Waals surface area contributed by atoms with Crippen LogP contribution >= 0.6 is 23.2 Å². The Morgan fingerprint density at radius 3 is 2.79 bits per heavy atom. The second-order valence-corrected chi connectivity index (χ2v) is 6.86. The molecule has 3 rings (SSSR count). The maximum atomic E-state index is 12.1. The van der Waals surface area contributed by atoms with Crippen molar-refractivity contribution >= 4 is 51.8 Å². The van der Waals surface area contributed by atoms with Gasteiger partial charge in [0.15, 0.2) is 0 Å². The minimum atomic E-state index is -0.971. The smallest absolute Gasteiger partial charge is 0.305 e. The van der Waals surface area contributed by atoms with Crippen LogP contribution in [0.25, 0.3) is 16.6 Å². The van der Waals surface area contributed by atoms with Crippen LogP contribution in [0.1, 0.15) is 6.42 Å². The standard InChI is InChI=1S/C18H17Cl2N5O3/c1-24(9-15(26)22-5-4-16(27)28)14-8-13(25-7-6-21-10-25)11-2-3-12(19)17(20)18(11)23-14/h2-3,6-8,10H,4-5,9H2,1H3,(H,22,26)(H,27,28).